The molecule has 1 aromatic carbocycles. The van der Waals surface area contributed by atoms with E-state index in [1.165, 1.54) is 31.2 Å². The van der Waals surface area contributed by atoms with Gasteiger partial charge in [0.05, 0.1) is 6.42 Å². The third-order valence-electron chi connectivity index (χ3n) is 2.72. The molecule has 1 aromatic rings. The summed E-state index contributed by atoms with van der Waals surface area (Å²) in [5.41, 5.74) is 5.38. The highest BCUT2D eigenvalue weighted by molar-refractivity contribution is 5.89. The van der Waals surface area contributed by atoms with Gasteiger partial charge in [-0.1, -0.05) is 0 Å². The van der Waals surface area contributed by atoms with Crippen LogP contribution in [0.3, 0.4) is 0 Å². The van der Waals surface area contributed by atoms with Crippen molar-refractivity contribution in [3.05, 3.63) is 29.8 Å². The van der Waals surface area contributed by atoms with Crippen LogP contribution in [0.5, 0.6) is 5.75 Å². The molecule has 0 fully saturated rings. The molecule has 0 bridgehead atoms. The van der Waals surface area contributed by atoms with E-state index in [1.54, 1.807) is 0 Å². The fourth-order valence-electron chi connectivity index (χ4n) is 1.57. The van der Waals surface area contributed by atoms with Gasteiger partial charge in [0.2, 0.25) is 5.91 Å². The molecule has 0 saturated heterocycles. The molecule has 0 aliphatic heterocycles. The molecule has 0 spiro atoms. The summed E-state index contributed by atoms with van der Waals surface area (Å²) in [5.74, 6) is -2.57. The second-order valence-corrected chi connectivity index (χ2v) is 4.52. The van der Waals surface area contributed by atoms with E-state index in [0.29, 0.717) is 17.6 Å². The smallest absolute Gasteiger partial charge is 0.326 e. The second-order valence-electron chi connectivity index (χ2n) is 4.52. The van der Waals surface area contributed by atoms with Crippen molar-refractivity contribution in [2.24, 2.45) is 5.73 Å². The predicted octanol–water partition coefficient (Wildman–Crippen LogP) is -0.289. The molecule has 8 nitrogen and oxygen atoms in total. The number of carbonyl (C=O) groups is 4. The normalized spacial score (nSPS) is 12.8. The molecule has 1 rings (SSSR count). The Balaban J connectivity index is 2.64. The summed E-state index contributed by atoms with van der Waals surface area (Å²) in [4.78, 5) is 44.1. The molecule has 0 saturated carbocycles. The van der Waals surface area contributed by atoms with Crippen molar-refractivity contribution in [2.75, 3.05) is 0 Å². The molecule has 2 atom stereocenters. The van der Waals surface area contributed by atoms with Gasteiger partial charge >= 0.3 is 5.97 Å². The molecule has 4 N–H and O–H groups in total. The lowest BCUT2D eigenvalue weighted by molar-refractivity contribution is -0.144. The topological polar surface area (TPSA) is 136 Å². The third-order valence-corrected chi connectivity index (χ3v) is 2.72. The average Bonchev–Trinajstić information content (AvgIpc) is 2.46. The highest BCUT2D eigenvalue weighted by Gasteiger charge is 2.25. The van der Waals surface area contributed by atoms with Crippen LogP contribution in [-0.2, 0) is 14.4 Å². The Morgan fingerprint density at radius 1 is 1.32 bits per heavy atom. The van der Waals surface area contributed by atoms with E-state index < -0.39 is 36.4 Å². The van der Waals surface area contributed by atoms with E-state index in [1.807, 2.05) is 0 Å². The van der Waals surface area contributed by atoms with Crippen LogP contribution < -0.4 is 15.8 Å². The lowest BCUT2D eigenvalue weighted by atomic mass is 10.2. The number of ether oxygens (including phenoxy) is 1. The van der Waals surface area contributed by atoms with Crippen LogP contribution in [0.2, 0.25) is 0 Å². The van der Waals surface area contributed by atoms with Gasteiger partial charge in [-0.25, -0.2) is 4.79 Å². The van der Waals surface area contributed by atoms with Crippen molar-refractivity contribution in [3.8, 4) is 5.75 Å². The van der Waals surface area contributed by atoms with Gasteiger partial charge in [-0.05, 0) is 31.2 Å². The summed E-state index contributed by atoms with van der Waals surface area (Å²) in [6, 6.07) is 4.63. The van der Waals surface area contributed by atoms with Crippen molar-refractivity contribution >= 4 is 24.1 Å². The first-order valence-corrected chi connectivity index (χ1v) is 6.37. The van der Waals surface area contributed by atoms with E-state index in [4.69, 9.17) is 15.6 Å². The first kappa shape index (κ1) is 17.2. The standard InChI is InChI=1S/C14H16N2O6/c1-8(22-10-4-2-9(7-17)3-5-10)13(19)16-11(14(20)21)6-12(15)18/h2-5,7-8,11H,6H2,1H3,(H2,15,18)(H,16,19)(H,20,21). The Morgan fingerprint density at radius 3 is 2.36 bits per heavy atom. The molecule has 2 unspecified atom stereocenters. The number of benzene rings is 1. The number of hydrogen-bond acceptors (Lipinski definition) is 5. The van der Waals surface area contributed by atoms with Gasteiger partial charge < -0.3 is 20.9 Å². The maximum absolute atomic E-state index is 11.9. The number of primary amides is 1. The Morgan fingerprint density at radius 2 is 1.91 bits per heavy atom. The SMILES string of the molecule is CC(Oc1ccc(C=O)cc1)C(=O)NC(CC(N)=O)C(=O)O. The molecule has 0 heterocycles. The van der Waals surface area contributed by atoms with Gasteiger partial charge in [0.15, 0.2) is 6.10 Å². The maximum atomic E-state index is 11.9. The Hall–Kier alpha value is -2.90. The van der Waals surface area contributed by atoms with Gasteiger partial charge in [0, 0.05) is 5.56 Å². The van der Waals surface area contributed by atoms with Crippen molar-refractivity contribution in [1.29, 1.82) is 0 Å². The van der Waals surface area contributed by atoms with Crippen LogP contribution in [0.15, 0.2) is 24.3 Å². The lowest BCUT2D eigenvalue weighted by Gasteiger charge is -2.18. The number of carbonyl (C=O) groups excluding carboxylic acids is 3. The molecule has 0 aliphatic carbocycles. The highest BCUT2D eigenvalue weighted by Crippen LogP contribution is 2.13. The molecule has 8 heteroatoms. The van der Waals surface area contributed by atoms with Crippen LogP contribution in [0.4, 0.5) is 0 Å². The summed E-state index contributed by atoms with van der Waals surface area (Å²) in [6.45, 7) is 1.42. The second kappa shape index (κ2) is 7.77. The molecule has 0 aliphatic rings. The summed E-state index contributed by atoms with van der Waals surface area (Å²) in [7, 11) is 0. The number of nitrogens with two attached hydrogens (primary N) is 1. The number of hydrogen-bond donors (Lipinski definition) is 3. The fourth-order valence-corrected chi connectivity index (χ4v) is 1.57. The highest BCUT2D eigenvalue weighted by atomic mass is 16.5. The number of aldehydes is 1. The van der Waals surface area contributed by atoms with Crippen molar-refractivity contribution in [1.82, 2.24) is 5.32 Å². The van der Waals surface area contributed by atoms with Gasteiger partial charge in [0.25, 0.3) is 5.91 Å². The number of nitrogens with one attached hydrogen (secondary N) is 1. The average molecular weight is 308 g/mol. The van der Waals surface area contributed by atoms with Crippen molar-refractivity contribution in [2.45, 2.75) is 25.5 Å². The fraction of sp³-hybridized carbons (Fsp3) is 0.286. The Bertz CT molecular complexity index is 569. The van der Waals surface area contributed by atoms with E-state index in [2.05, 4.69) is 5.32 Å². The van der Waals surface area contributed by atoms with Gasteiger partial charge in [-0.3, -0.25) is 14.4 Å². The number of amides is 2. The minimum absolute atomic E-state index is 0.343. The maximum Gasteiger partial charge on any atom is 0.326 e. The van der Waals surface area contributed by atoms with Crippen LogP contribution >= 0.6 is 0 Å². The first-order chi connectivity index (χ1) is 10.3. The predicted molar refractivity (Wildman–Crippen MR) is 75.3 cm³/mol. The van der Waals surface area contributed by atoms with Crippen LogP contribution in [-0.4, -0.2) is 41.3 Å². The monoisotopic (exact) mass is 308 g/mol. The molecule has 22 heavy (non-hydrogen) atoms. The first-order valence-electron chi connectivity index (χ1n) is 6.37. The third kappa shape index (κ3) is 5.23. The van der Waals surface area contributed by atoms with E-state index in [-0.39, 0.29) is 0 Å². The van der Waals surface area contributed by atoms with Crippen LogP contribution in [0.25, 0.3) is 0 Å². The molecule has 2 amide bonds. The minimum Gasteiger partial charge on any atom is -0.481 e. The minimum atomic E-state index is -1.41. The van der Waals surface area contributed by atoms with Crippen LogP contribution in [0.1, 0.15) is 23.7 Å². The number of carboxylic acid groups (broad SMARTS) is 1. The molecular formula is C14H16N2O6. The molecule has 0 radical (unpaired) electrons. The van der Waals surface area contributed by atoms with Crippen molar-refractivity contribution in [3.63, 3.8) is 0 Å². The van der Waals surface area contributed by atoms with Crippen molar-refractivity contribution < 1.29 is 29.0 Å². The number of rotatable bonds is 8. The van der Waals surface area contributed by atoms with Gasteiger partial charge in [-0.15, -0.1) is 0 Å². The number of aliphatic carboxylic acids is 1. The largest absolute Gasteiger partial charge is 0.481 e. The quantitative estimate of drug-likeness (QED) is 0.565. The molecule has 118 valence electrons. The summed E-state index contributed by atoms with van der Waals surface area (Å²) in [5, 5.41) is 11.1. The summed E-state index contributed by atoms with van der Waals surface area (Å²) >= 11 is 0. The zero-order chi connectivity index (χ0) is 16.7. The van der Waals surface area contributed by atoms with Crippen LogP contribution in [0, 0.1) is 0 Å². The van der Waals surface area contributed by atoms with Gasteiger partial charge in [0.1, 0.15) is 18.1 Å². The molecular weight excluding hydrogens is 292 g/mol. The van der Waals surface area contributed by atoms with E-state index >= 15 is 0 Å². The van der Waals surface area contributed by atoms with E-state index in [0.717, 1.165) is 0 Å². The van der Waals surface area contributed by atoms with Gasteiger partial charge in [-0.2, -0.15) is 0 Å². The zero-order valence-corrected chi connectivity index (χ0v) is 11.8. The lowest BCUT2D eigenvalue weighted by Crippen LogP contribution is -2.47. The summed E-state index contributed by atoms with van der Waals surface area (Å²) in [6.07, 6.45) is -0.833. The van der Waals surface area contributed by atoms with E-state index in [9.17, 15) is 19.2 Å². The Labute approximate surface area is 126 Å². The Kier molecular flexibility index (Phi) is 6.06. The molecule has 0 aromatic heterocycles. The summed E-state index contributed by atoms with van der Waals surface area (Å²) < 4.78 is 5.32. The zero-order valence-electron chi connectivity index (χ0n) is 11.8. The number of carboxylic acids is 1.